The molecule has 2 aromatic carbocycles. The fraction of sp³-hybridized carbons (Fsp3) is 0.273. The van der Waals surface area contributed by atoms with Gasteiger partial charge in [0.15, 0.2) is 0 Å². The maximum atomic E-state index is 14.7. The first-order valence-electron chi connectivity index (χ1n) is 8.91. The summed E-state index contributed by atoms with van der Waals surface area (Å²) in [4.78, 5) is 0. The Labute approximate surface area is 176 Å². The minimum Gasteiger partial charge on any atom is -0.388 e. The quantitative estimate of drug-likeness (QED) is 0.428. The van der Waals surface area contributed by atoms with Gasteiger partial charge in [0.05, 0.1) is 10.7 Å². The van der Waals surface area contributed by atoms with Crippen LogP contribution in [-0.2, 0) is 0 Å². The normalized spacial score (nSPS) is 11.1. The van der Waals surface area contributed by atoms with Crippen molar-refractivity contribution >= 4 is 46.1 Å². The minimum atomic E-state index is -0.375. The smallest absolute Gasteiger partial charge is 0.134 e. The molecule has 0 radical (unpaired) electrons. The highest BCUT2D eigenvalue weighted by atomic mass is 35.5. The van der Waals surface area contributed by atoms with E-state index in [4.69, 9.17) is 11.6 Å². The van der Waals surface area contributed by atoms with Gasteiger partial charge in [-0.05, 0) is 36.4 Å². The van der Waals surface area contributed by atoms with Crippen LogP contribution in [0.3, 0.4) is 0 Å². The third-order valence-corrected chi connectivity index (χ3v) is 5.52. The molecule has 0 unspecified atom stereocenters. The third kappa shape index (κ3) is 6.50. The molecule has 0 spiro atoms. The lowest BCUT2D eigenvalue weighted by molar-refractivity contribution is 0.624. The molecular weight excluding hydrogens is 393 g/mol. The van der Waals surface area contributed by atoms with Crippen LogP contribution >= 0.6 is 23.4 Å². The highest BCUT2D eigenvalue weighted by molar-refractivity contribution is 8.00. The Morgan fingerprint density at radius 1 is 1.07 bits per heavy atom. The Morgan fingerprint density at radius 3 is 2.36 bits per heavy atom. The van der Waals surface area contributed by atoms with Crippen LogP contribution in [0.25, 0.3) is 5.70 Å². The summed E-state index contributed by atoms with van der Waals surface area (Å²) in [7, 11) is 1.82. The van der Waals surface area contributed by atoms with Crippen molar-refractivity contribution in [2.75, 3.05) is 28.8 Å². The summed E-state index contributed by atoms with van der Waals surface area (Å²) < 4.78 is 14.8. The molecule has 28 heavy (non-hydrogen) atoms. The SMILES string of the molecule is C=C(CSC(C)(C)C)Nc1ccc(C(=C)Nc2cc(NC)ccc2Cl)c(F)c1. The molecule has 0 aliphatic carbocycles. The Hall–Kier alpha value is -2.11. The number of anilines is 3. The number of rotatable bonds is 8. The molecule has 2 rings (SSSR count). The average Bonchev–Trinajstić information content (AvgIpc) is 2.61. The zero-order chi connectivity index (χ0) is 20.9. The number of hydrogen-bond acceptors (Lipinski definition) is 4. The van der Waals surface area contributed by atoms with Gasteiger partial charge >= 0.3 is 0 Å². The molecule has 0 aliphatic heterocycles. The Balaban J connectivity index is 2.07. The van der Waals surface area contributed by atoms with Crippen molar-refractivity contribution in [3.8, 4) is 0 Å². The zero-order valence-electron chi connectivity index (χ0n) is 16.7. The van der Waals surface area contributed by atoms with Gasteiger partial charge in [-0.1, -0.05) is 45.5 Å². The predicted octanol–water partition coefficient (Wildman–Crippen LogP) is 7.06. The molecule has 150 valence electrons. The van der Waals surface area contributed by atoms with Gasteiger partial charge in [-0.3, -0.25) is 0 Å². The summed E-state index contributed by atoms with van der Waals surface area (Å²) in [6.45, 7) is 14.4. The van der Waals surface area contributed by atoms with Crippen molar-refractivity contribution in [3.63, 3.8) is 0 Å². The molecule has 0 aromatic heterocycles. The molecule has 6 heteroatoms. The number of halogens is 2. The van der Waals surface area contributed by atoms with E-state index >= 15 is 0 Å². The zero-order valence-corrected chi connectivity index (χ0v) is 18.3. The summed E-state index contributed by atoms with van der Waals surface area (Å²) in [6, 6.07) is 10.4. The second-order valence-corrected chi connectivity index (χ2v) is 9.58. The first-order chi connectivity index (χ1) is 13.1. The van der Waals surface area contributed by atoms with Crippen LogP contribution in [0.5, 0.6) is 0 Å². The Morgan fingerprint density at radius 2 is 1.75 bits per heavy atom. The van der Waals surface area contributed by atoms with Crippen molar-refractivity contribution in [1.82, 2.24) is 0 Å². The lowest BCUT2D eigenvalue weighted by atomic mass is 10.1. The second kappa shape index (κ2) is 9.39. The molecule has 0 bridgehead atoms. The molecule has 3 N–H and O–H groups in total. The Kier molecular flexibility index (Phi) is 7.44. The van der Waals surface area contributed by atoms with Gasteiger partial charge in [0.1, 0.15) is 5.82 Å². The maximum absolute atomic E-state index is 14.7. The summed E-state index contributed by atoms with van der Waals surface area (Å²) in [5.41, 5.74) is 3.86. The fourth-order valence-corrected chi connectivity index (χ4v) is 3.23. The highest BCUT2D eigenvalue weighted by Crippen LogP contribution is 2.30. The van der Waals surface area contributed by atoms with Gasteiger partial charge in [-0.15, -0.1) is 11.8 Å². The van der Waals surface area contributed by atoms with E-state index in [-0.39, 0.29) is 10.6 Å². The van der Waals surface area contributed by atoms with Gasteiger partial charge in [0.2, 0.25) is 0 Å². The van der Waals surface area contributed by atoms with Crippen LogP contribution < -0.4 is 16.0 Å². The minimum absolute atomic E-state index is 0.148. The molecule has 0 fully saturated rings. The summed E-state index contributed by atoms with van der Waals surface area (Å²) in [6.07, 6.45) is 0. The first kappa shape index (κ1) is 22.2. The maximum Gasteiger partial charge on any atom is 0.134 e. The largest absolute Gasteiger partial charge is 0.388 e. The molecule has 0 heterocycles. The van der Waals surface area contributed by atoms with Crippen molar-refractivity contribution in [1.29, 1.82) is 0 Å². The average molecular weight is 420 g/mol. The lowest BCUT2D eigenvalue weighted by Crippen LogP contribution is -2.11. The fourth-order valence-electron chi connectivity index (χ4n) is 2.39. The first-order valence-corrected chi connectivity index (χ1v) is 10.3. The van der Waals surface area contributed by atoms with E-state index in [1.165, 1.54) is 6.07 Å². The highest BCUT2D eigenvalue weighted by Gasteiger charge is 2.12. The third-order valence-electron chi connectivity index (χ3n) is 3.84. The molecule has 0 amide bonds. The van der Waals surface area contributed by atoms with Crippen molar-refractivity contribution < 1.29 is 4.39 Å². The molecule has 0 atom stereocenters. The van der Waals surface area contributed by atoms with Gasteiger partial charge < -0.3 is 16.0 Å². The van der Waals surface area contributed by atoms with Gasteiger partial charge in [0, 0.05) is 45.9 Å². The summed E-state index contributed by atoms with van der Waals surface area (Å²) in [5, 5.41) is 9.83. The van der Waals surface area contributed by atoms with Crippen LogP contribution in [0.1, 0.15) is 26.3 Å². The topological polar surface area (TPSA) is 36.1 Å². The second-order valence-electron chi connectivity index (χ2n) is 7.37. The van der Waals surface area contributed by atoms with Crippen molar-refractivity contribution in [2.24, 2.45) is 0 Å². The van der Waals surface area contributed by atoms with Gasteiger partial charge in [-0.2, -0.15) is 0 Å². The number of benzene rings is 2. The molecular formula is C22H27ClFN3S. The van der Waals surface area contributed by atoms with Crippen LogP contribution in [0.2, 0.25) is 5.02 Å². The number of hydrogen-bond donors (Lipinski definition) is 3. The standard InChI is InChI=1S/C22H27ClFN3S/c1-14(13-28-22(3,4)5)26-17-7-9-18(20(24)11-17)15(2)27-21-12-16(25-6)8-10-19(21)23/h7-12,25-27H,1-2,13H2,3-6H3. The number of nitrogens with one attached hydrogen (secondary N) is 3. The van der Waals surface area contributed by atoms with Crippen molar-refractivity contribution in [2.45, 2.75) is 25.5 Å². The molecule has 2 aromatic rings. The van der Waals surface area contributed by atoms with Crippen molar-refractivity contribution in [3.05, 3.63) is 71.7 Å². The van der Waals surface area contributed by atoms with Crippen LogP contribution in [0.4, 0.5) is 21.5 Å². The van der Waals surface area contributed by atoms with E-state index in [0.29, 0.717) is 27.7 Å². The van der Waals surface area contributed by atoms with E-state index in [1.54, 1.807) is 23.9 Å². The predicted molar refractivity (Wildman–Crippen MR) is 125 cm³/mol. The van der Waals surface area contributed by atoms with Gasteiger partial charge in [-0.25, -0.2) is 4.39 Å². The van der Waals surface area contributed by atoms with E-state index < -0.39 is 0 Å². The van der Waals surface area contributed by atoms with Crippen LogP contribution in [-0.4, -0.2) is 17.5 Å². The number of thioether (sulfide) groups is 1. The van der Waals surface area contributed by atoms with E-state index in [2.05, 4.69) is 49.9 Å². The molecule has 3 nitrogen and oxygen atoms in total. The van der Waals surface area contributed by atoms with E-state index in [9.17, 15) is 4.39 Å². The van der Waals surface area contributed by atoms with E-state index in [1.807, 2.05) is 25.2 Å². The van der Waals surface area contributed by atoms with E-state index in [0.717, 1.165) is 17.1 Å². The van der Waals surface area contributed by atoms with Gasteiger partial charge in [0.25, 0.3) is 0 Å². The van der Waals surface area contributed by atoms with Crippen LogP contribution in [0, 0.1) is 5.82 Å². The molecule has 0 saturated carbocycles. The van der Waals surface area contributed by atoms with Crippen LogP contribution in [0.15, 0.2) is 55.3 Å². The summed E-state index contributed by atoms with van der Waals surface area (Å²) in [5.74, 6) is 0.376. The Bertz CT molecular complexity index is 875. The summed E-state index contributed by atoms with van der Waals surface area (Å²) >= 11 is 8.00. The molecule has 0 aliphatic rings. The monoisotopic (exact) mass is 419 g/mol. The molecule has 0 saturated heterocycles. The lowest BCUT2D eigenvalue weighted by Gasteiger charge is -2.19.